The van der Waals surface area contributed by atoms with Crippen LogP contribution in [0, 0.1) is 0 Å². The van der Waals surface area contributed by atoms with Gasteiger partial charge in [-0.1, -0.05) is 33.7 Å². The van der Waals surface area contributed by atoms with Crippen LogP contribution in [-0.2, 0) is 4.79 Å². The summed E-state index contributed by atoms with van der Waals surface area (Å²) >= 11 is 0. The molecule has 0 aromatic rings. The predicted molar refractivity (Wildman–Crippen MR) is 59.1 cm³/mol. The molecule has 0 aromatic carbocycles. The molecular formula is C9H14O2S2. The molecule has 1 saturated heterocycles. The molecule has 1 rings (SSSR count). The largest absolute Gasteiger partial charge is 0.481 e. The lowest BCUT2D eigenvalue weighted by molar-refractivity contribution is -0.137. The van der Waals surface area contributed by atoms with Crippen LogP contribution in [0.1, 0.15) is 25.7 Å². The third-order valence-electron chi connectivity index (χ3n) is 1.79. The Balaban J connectivity index is 2.00. The van der Waals surface area contributed by atoms with Crippen molar-refractivity contribution in [3.05, 3.63) is 12.2 Å². The van der Waals surface area contributed by atoms with Crippen molar-refractivity contribution in [3.63, 3.8) is 0 Å². The van der Waals surface area contributed by atoms with Crippen molar-refractivity contribution < 1.29 is 9.90 Å². The Labute approximate surface area is 86.6 Å². The molecule has 0 bridgehead atoms. The van der Waals surface area contributed by atoms with Gasteiger partial charge in [0.15, 0.2) is 0 Å². The molecule has 1 atom stereocenters. The fraction of sp³-hybridized carbons (Fsp3) is 0.667. The highest BCUT2D eigenvalue weighted by Crippen LogP contribution is 2.38. The van der Waals surface area contributed by atoms with Crippen LogP contribution in [0.4, 0.5) is 0 Å². The van der Waals surface area contributed by atoms with Crippen LogP contribution in [0.5, 0.6) is 0 Å². The van der Waals surface area contributed by atoms with E-state index in [9.17, 15) is 4.79 Å². The normalized spacial score (nSPS) is 22.6. The molecule has 1 aliphatic heterocycles. The molecule has 1 N–H and O–H groups in total. The summed E-state index contributed by atoms with van der Waals surface area (Å²) in [5, 5.41) is 9.05. The lowest BCUT2D eigenvalue weighted by Gasteiger charge is -1.97. The average molecular weight is 218 g/mol. The van der Waals surface area contributed by atoms with Gasteiger partial charge < -0.3 is 5.11 Å². The Morgan fingerprint density at radius 1 is 1.62 bits per heavy atom. The minimum Gasteiger partial charge on any atom is -0.481 e. The van der Waals surface area contributed by atoms with Gasteiger partial charge in [0.05, 0.1) is 0 Å². The average Bonchev–Trinajstić information content (AvgIpc) is 2.55. The van der Waals surface area contributed by atoms with Gasteiger partial charge in [-0.2, -0.15) is 0 Å². The molecule has 0 aliphatic carbocycles. The number of unbranched alkanes of at least 4 members (excludes halogenated alkanes) is 1. The van der Waals surface area contributed by atoms with Gasteiger partial charge in [-0.15, -0.1) is 0 Å². The van der Waals surface area contributed by atoms with Crippen LogP contribution in [0.2, 0.25) is 0 Å². The summed E-state index contributed by atoms with van der Waals surface area (Å²) in [6.07, 6.45) is 7.53. The fourth-order valence-corrected chi connectivity index (χ4v) is 3.84. The summed E-state index contributed by atoms with van der Waals surface area (Å²) in [5.41, 5.74) is 0. The molecule has 0 amide bonds. The number of carboxylic acids is 1. The van der Waals surface area contributed by atoms with Crippen molar-refractivity contribution in [3.8, 4) is 0 Å². The molecule has 1 aliphatic rings. The Bertz CT molecular complexity index is 186. The smallest absolute Gasteiger partial charge is 0.303 e. The minimum atomic E-state index is -0.695. The van der Waals surface area contributed by atoms with Gasteiger partial charge in [-0.3, -0.25) is 4.79 Å². The van der Waals surface area contributed by atoms with E-state index in [0.717, 1.165) is 12.8 Å². The molecule has 2 nitrogen and oxygen atoms in total. The Morgan fingerprint density at radius 2 is 2.46 bits per heavy atom. The van der Waals surface area contributed by atoms with Crippen LogP contribution in [0.3, 0.4) is 0 Å². The van der Waals surface area contributed by atoms with E-state index in [1.807, 2.05) is 21.6 Å². The van der Waals surface area contributed by atoms with E-state index in [1.165, 1.54) is 12.2 Å². The molecule has 1 unspecified atom stereocenters. The monoisotopic (exact) mass is 218 g/mol. The standard InChI is InChI=1S/C9H14O2S2/c10-9(11)5-3-1-2-4-8-6-7-12-13-8/h2,4,8H,1,3,5-7H2,(H,10,11)/b4-2-. The third-order valence-corrected chi connectivity index (χ3v) is 4.62. The highest BCUT2D eigenvalue weighted by molar-refractivity contribution is 8.77. The highest BCUT2D eigenvalue weighted by atomic mass is 33.1. The number of aliphatic carboxylic acids is 1. The second kappa shape index (κ2) is 6.38. The lowest BCUT2D eigenvalue weighted by atomic mass is 10.2. The van der Waals surface area contributed by atoms with Gasteiger partial charge in [-0.25, -0.2) is 0 Å². The van der Waals surface area contributed by atoms with Gasteiger partial charge in [0, 0.05) is 17.4 Å². The van der Waals surface area contributed by atoms with Crippen molar-refractivity contribution in [2.75, 3.05) is 5.75 Å². The topological polar surface area (TPSA) is 37.3 Å². The summed E-state index contributed by atoms with van der Waals surface area (Å²) in [4.78, 5) is 10.2. The van der Waals surface area contributed by atoms with E-state index in [0.29, 0.717) is 5.25 Å². The molecule has 0 aromatic heterocycles. The number of carbonyl (C=O) groups is 1. The Kier molecular flexibility index (Phi) is 5.39. The maximum atomic E-state index is 10.2. The summed E-state index contributed by atoms with van der Waals surface area (Å²) in [6.45, 7) is 0. The van der Waals surface area contributed by atoms with Crippen molar-refractivity contribution >= 4 is 27.6 Å². The third kappa shape index (κ3) is 5.26. The summed E-state index contributed by atoms with van der Waals surface area (Å²) < 4.78 is 0. The van der Waals surface area contributed by atoms with E-state index in [1.54, 1.807) is 0 Å². The highest BCUT2D eigenvalue weighted by Gasteiger charge is 2.12. The van der Waals surface area contributed by atoms with E-state index < -0.39 is 5.97 Å². The van der Waals surface area contributed by atoms with Gasteiger partial charge in [0.1, 0.15) is 0 Å². The first-order valence-electron chi connectivity index (χ1n) is 4.46. The number of hydrogen-bond donors (Lipinski definition) is 1. The van der Waals surface area contributed by atoms with Gasteiger partial charge >= 0.3 is 5.97 Å². The van der Waals surface area contributed by atoms with Crippen molar-refractivity contribution in [1.29, 1.82) is 0 Å². The van der Waals surface area contributed by atoms with Crippen LogP contribution in [0.25, 0.3) is 0 Å². The lowest BCUT2D eigenvalue weighted by Crippen LogP contribution is -1.93. The maximum absolute atomic E-state index is 10.2. The molecule has 1 fully saturated rings. The zero-order chi connectivity index (χ0) is 9.52. The fourth-order valence-electron chi connectivity index (χ4n) is 1.10. The maximum Gasteiger partial charge on any atom is 0.303 e. The molecule has 1 heterocycles. The van der Waals surface area contributed by atoms with E-state index in [2.05, 4.69) is 12.2 Å². The Morgan fingerprint density at radius 3 is 3.08 bits per heavy atom. The molecule has 13 heavy (non-hydrogen) atoms. The van der Waals surface area contributed by atoms with Crippen molar-refractivity contribution in [2.45, 2.75) is 30.9 Å². The van der Waals surface area contributed by atoms with E-state index in [-0.39, 0.29) is 6.42 Å². The minimum absolute atomic E-state index is 0.289. The number of rotatable bonds is 5. The number of allylic oxidation sites excluding steroid dienone is 1. The molecule has 0 radical (unpaired) electrons. The first kappa shape index (κ1) is 11.0. The first-order valence-corrected chi connectivity index (χ1v) is 6.84. The van der Waals surface area contributed by atoms with Crippen LogP contribution >= 0.6 is 21.6 Å². The molecular weight excluding hydrogens is 204 g/mol. The second-order valence-corrected chi connectivity index (χ2v) is 5.69. The SMILES string of the molecule is O=C(O)CCC/C=C\C1CCSS1. The summed E-state index contributed by atoms with van der Waals surface area (Å²) in [5.74, 6) is 0.550. The van der Waals surface area contributed by atoms with Crippen molar-refractivity contribution in [1.82, 2.24) is 0 Å². The zero-order valence-electron chi connectivity index (χ0n) is 7.44. The molecule has 4 heteroatoms. The summed E-state index contributed by atoms with van der Waals surface area (Å²) in [7, 11) is 3.84. The summed E-state index contributed by atoms with van der Waals surface area (Å²) in [6, 6.07) is 0. The van der Waals surface area contributed by atoms with Gasteiger partial charge in [0.25, 0.3) is 0 Å². The van der Waals surface area contributed by atoms with Crippen LogP contribution < -0.4 is 0 Å². The number of carboxylic acid groups (broad SMARTS) is 1. The van der Waals surface area contributed by atoms with E-state index >= 15 is 0 Å². The quantitative estimate of drug-likeness (QED) is 0.437. The van der Waals surface area contributed by atoms with Crippen LogP contribution in [0.15, 0.2) is 12.2 Å². The second-order valence-electron chi connectivity index (χ2n) is 2.96. The van der Waals surface area contributed by atoms with Gasteiger partial charge in [0.2, 0.25) is 0 Å². The first-order chi connectivity index (χ1) is 6.29. The Hall–Kier alpha value is -0.0900. The van der Waals surface area contributed by atoms with Crippen molar-refractivity contribution in [2.24, 2.45) is 0 Å². The molecule has 0 saturated carbocycles. The number of hydrogen-bond acceptors (Lipinski definition) is 3. The van der Waals surface area contributed by atoms with Gasteiger partial charge in [-0.05, 0) is 19.3 Å². The van der Waals surface area contributed by atoms with E-state index in [4.69, 9.17) is 5.11 Å². The van der Waals surface area contributed by atoms with Crippen LogP contribution in [-0.4, -0.2) is 22.1 Å². The molecule has 74 valence electrons. The zero-order valence-corrected chi connectivity index (χ0v) is 9.07. The molecule has 0 spiro atoms. The predicted octanol–water partition coefficient (Wildman–Crippen LogP) is 2.95.